The van der Waals surface area contributed by atoms with Crippen molar-refractivity contribution in [2.75, 3.05) is 20.2 Å². The molecule has 1 fully saturated rings. The van der Waals surface area contributed by atoms with Crippen LogP contribution in [0.15, 0.2) is 18.2 Å². The molecule has 1 saturated heterocycles. The van der Waals surface area contributed by atoms with Gasteiger partial charge in [-0.2, -0.15) is 5.26 Å². The molecule has 2 rings (SSSR count). The minimum absolute atomic E-state index is 0.632. The number of ether oxygens (including phenoxy) is 1. The van der Waals surface area contributed by atoms with E-state index in [1.54, 1.807) is 7.11 Å². The van der Waals surface area contributed by atoms with E-state index in [-0.39, 0.29) is 0 Å². The maximum Gasteiger partial charge on any atom is 0.136 e. The van der Waals surface area contributed by atoms with Crippen LogP contribution in [0.2, 0.25) is 0 Å². The van der Waals surface area contributed by atoms with E-state index in [1.807, 2.05) is 12.1 Å². The molecule has 0 aliphatic carbocycles. The van der Waals surface area contributed by atoms with E-state index in [9.17, 15) is 0 Å². The number of nitriles is 1. The van der Waals surface area contributed by atoms with Crippen LogP contribution in [0.1, 0.15) is 43.2 Å². The van der Waals surface area contributed by atoms with Gasteiger partial charge in [0.1, 0.15) is 11.8 Å². The molecule has 3 heteroatoms. The summed E-state index contributed by atoms with van der Waals surface area (Å²) in [6, 6.07) is 8.13. The molecule has 1 aromatic carbocycles. The normalized spacial score (nSPS) is 17.3. The second kappa shape index (κ2) is 7.16. The van der Waals surface area contributed by atoms with Crippen molar-refractivity contribution in [3.63, 3.8) is 0 Å². The summed E-state index contributed by atoms with van der Waals surface area (Å²) in [7, 11) is 1.61. The van der Waals surface area contributed by atoms with Gasteiger partial charge in [0.25, 0.3) is 0 Å². The van der Waals surface area contributed by atoms with E-state index in [2.05, 4.69) is 17.0 Å². The Balaban J connectivity index is 2.03. The third-order valence-electron chi connectivity index (χ3n) is 3.74. The van der Waals surface area contributed by atoms with E-state index in [1.165, 1.54) is 50.8 Å². The lowest BCUT2D eigenvalue weighted by molar-refractivity contribution is 0.239. The minimum Gasteiger partial charge on any atom is -0.495 e. The first-order valence-corrected chi connectivity index (χ1v) is 7.13. The minimum atomic E-state index is 0.632. The predicted molar refractivity (Wildman–Crippen MR) is 76.1 cm³/mol. The molecule has 1 aliphatic heterocycles. The van der Waals surface area contributed by atoms with Crippen molar-refractivity contribution < 1.29 is 4.74 Å². The largest absolute Gasteiger partial charge is 0.495 e. The summed E-state index contributed by atoms with van der Waals surface area (Å²) in [6.45, 7) is 3.29. The SMILES string of the molecule is COc1ccc(CN2CCCCCCC2)cc1C#N. The van der Waals surface area contributed by atoms with Crippen molar-refractivity contribution in [1.82, 2.24) is 4.90 Å². The van der Waals surface area contributed by atoms with Gasteiger partial charge in [0.15, 0.2) is 0 Å². The highest BCUT2D eigenvalue weighted by atomic mass is 16.5. The molecule has 0 unspecified atom stereocenters. The van der Waals surface area contributed by atoms with Crippen molar-refractivity contribution in [3.8, 4) is 11.8 Å². The van der Waals surface area contributed by atoms with Crippen LogP contribution in [0.25, 0.3) is 0 Å². The van der Waals surface area contributed by atoms with Gasteiger partial charge in [0.2, 0.25) is 0 Å². The van der Waals surface area contributed by atoms with Crippen LogP contribution in [-0.2, 0) is 6.54 Å². The van der Waals surface area contributed by atoms with E-state index in [0.29, 0.717) is 11.3 Å². The molecule has 1 heterocycles. The standard InChI is InChI=1S/C16H22N2O/c1-19-16-8-7-14(11-15(16)12-17)13-18-9-5-3-2-4-6-10-18/h7-8,11H,2-6,9-10,13H2,1H3. The average molecular weight is 258 g/mol. The first-order chi connectivity index (χ1) is 9.33. The number of hydrogen-bond acceptors (Lipinski definition) is 3. The molecule has 1 aromatic rings. The summed E-state index contributed by atoms with van der Waals surface area (Å²) >= 11 is 0. The van der Waals surface area contributed by atoms with Crippen molar-refractivity contribution in [2.45, 2.75) is 38.6 Å². The highest BCUT2D eigenvalue weighted by Crippen LogP contribution is 2.20. The van der Waals surface area contributed by atoms with Gasteiger partial charge >= 0.3 is 0 Å². The van der Waals surface area contributed by atoms with E-state index in [0.717, 1.165) is 6.54 Å². The zero-order valence-electron chi connectivity index (χ0n) is 11.7. The number of methoxy groups -OCH3 is 1. The van der Waals surface area contributed by atoms with Crippen molar-refractivity contribution >= 4 is 0 Å². The summed E-state index contributed by atoms with van der Waals surface area (Å²) in [5, 5.41) is 9.12. The summed E-state index contributed by atoms with van der Waals surface area (Å²) < 4.78 is 5.18. The fraction of sp³-hybridized carbons (Fsp3) is 0.562. The molecule has 19 heavy (non-hydrogen) atoms. The Labute approximate surface area is 115 Å². The molecule has 0 bridgehead atoms. The van der Waals surface area contributed by atoms with Crippen LogP contribution in [0.3, 0.4) is 0 Å². The number of likely N-dealkylation sites (tertiary alicyclic amines) is 1. The van der Waals surface area contributed by atoms with Gasteiger partial charge in [0, 0.05) is 6.54 Å². The lowest BCUT2D eigenvalue weighted by Gasteiger charge is -2.24. The maximum absolute atomic E-state index is 9.12. The van der Waals surface area contributed by atoms with Crippen LogP contribution in [0.5, 0.6) is 5.75 Å². The van der Waals surface area contributed by atoms with E-state index >= 15 is 0 Å². The average Bonchev–Trinajstić information content (AvgIpc) is 2.41. The molecule has 0 saturated carbocycles. The van der Waals surface area contributed by atoms with Crippen LogP contribution in [-0.4, -0.2) is 25.1 Å². The highest BCUT2D eigenvalue weighted by molar-refractivity contribution is 5.45. The van der Waals surface area contributed by atoms with Crippen LogP contribution in [0.4, 0.5) is 0 Å². The molecule has 0 atom stereocenters. The second-order valence-corrected chi connectivity index (χ2v) is 5.19. The summed E-state index contributed by atoms with van der Waals surface area (Å²) in [6.07, 6.45) is 6.67. The molecule has 0 N–H and O–H groups in total. The molecule has 0 amide bonds. The zero-order chi connectivity index (χ0) is 13.5. The zero-order valence-corrected chi connectivity index (χ0v) is 11.7. The lowest BCUT2D eigenvalue weighted by atomic mass is 10.1. The van der Waals surface area contributed by atoms with Gasteiger partial charge in [-0.25, -0.2) is 0 Å². The Morgan fingerprint density at radius 1 is 1.16 bits per heavy atom. The first kappa shape index (κ1) is 13.9. The number of hydrogen-bond donors (Lipinski definition) is 0. The Hall–Kier alpha value is -1.53. The summed E-state index contributed by atoms with van der Waals surface area (Å²) in [5.41, 5.74) is 1.84. The summed E-state index contributed by atoms with van der Waals surface area (Å²) in [5.74, 6) is 0.666. The molecule has 102 valence electrons. The number of nitrogens with zero attached hydrogens (tertiary/aromatic N) is 2. The first-order valence-electron chi connectivity index (χ1n) is 7.13. The Bertz CT molecular complexity index is 443. The summed E-state index contributed by atoms with van der Waals surface area (Å²) in [4.78, 5) is 2.50. The topological polar surface area (TPSA) is 36.3 Å². The van der Waals surface area contributed by atoms with Gasteiger partial charge < -0.3 is 4.74 Å². The fourth-order valence-corrected chi connectivity index (χ4v) is 2.67. The van der Waals surface area contributed by atoms with Gasteiger partial charge in [-0.3, -0.25) is 4.90 Å². The Morgan fingerprint density at radius 2 is 1.84 bits per heavy atom. The van der Waals surface area contributed by atoms with Crippen molar-refractivity contribution in [1.29, 1.82) is 5.26 Å². The molecule has 0 radical (unpaired) electrons. The Morgan fingerprint density at radius 3 is 2.47 bits per heavy atom. The van der Waals surface area contributed by atoms with Gasteiger partial charge in [0.05, 0.1) is 12.7 Å². The monoisotopic (exact) mass is 258 g/mol. The quantitative estimate of drug-likeness (QED) is 0.834. The molecule has 1 aliphatic rings. The predicted octanol–water partition coefficient (Wildman–Crippen LogP) is 3.33. The van der Waals surface area contributed by atoms with E-state index in [4.69, 9.17) is 10.00 Å². The Kier molecular flexibility index (Phi) is 5.23. The highest BCUT2D eigenvalue weighted by Gasteiger charge is 2.10. The second-order valence-electron chi connectivity index (χ2n) is 5.19. The van der Waals surface area contributed by atoms with Crippen LogP contribution in [0, 0.1) is 11.3 Å². The van der Waals surface area contributed by atoms with Crippen molar-refractivity contribution in [3.05, 3.63) is 29.3 Å². The third-order valence-corrected chi connectivity index (χ3v) is 3.74. The molecule has 0 spiro atoms. The smallest absolute Gasteiger partial charge is 0.136 e. The van der Waals surface area contributed by atoms with E-state index < -0.39 is 0 Å². The number of benzene rings is 1. The third kappa shape index (κ3) is 3.97. The van der Waals surface area contributed by atoms with Gasteiger partial charge in [-0.1, -0.05) is 25.3 Å². The van der Waals surface area contributed by atoms with Crippen LogP contribution < -0.4 is 4.74 Å². The van der Waals surface area contributed by atoms with Gasteiger partial charge in [-0.05, 0) is 43.6 Å². The van der Waals surface area contributed by atoms with Gasteiger partial charge in [-0.15, -0.1) is 0 Å². The number of rotatable bonds is 3. The molecular weight excluding hydrogens is 236 g/mol. The maximum atomic E-state index is 9.12. The lowest BCUT2D eigenvalue weighted by Crippen LogP contribution is -2.26. The molecule has 0 aromatic heterocycles. The molecule has 3 nitrogen and oxygen atoms in total. The van der Waals surface area contributed by atoms with Crippen molar-refractivity contribution in [2.24, 2.45) is 0 Å². The van der Waals surface area contributed by atoms with Crippen LogP contribution >= 0.6 is 0 Å². The fourth-order valence-electron chi connectivity index (χ4n) is 2.67. The molecular formula is C16H22N2O.